The van der Waals surface area contributed by atoms with Crippen molar-refractivity contribution in [3.63, 3.8) is 0 Å². The lowest BCUT2D eigenvalue weighted by Gasteiger charge is -2.18. The van der Waals surface area contributed by atoms with E-state index >= 15 is 0 Å². The number of rotatable bonds is 5. The minimum absolute atomic E-state index is 0.0723. The number of sulfonamides is 1. The average Bonchev–Trinajstić information content (AvgIpc) is 3.07. The Morgan fingerprint density at radius 1 is 1.50 bits per heavy atom. The van der Waals surface area contributed by atoms with Crippen molar-refractivity contribution in [2.45, 2.75) is 24.1 Å². The summed E-state index contributed by atoms with van der Waals surface area (Å²) in [4.78, 5) is -0.321. The Morgan fingerprint density at radius 2 is 2.10 bits per heavy atom. The van der Waals surface area contributed by atoms with E-state index in [0.717, 1.165) is 6.42 Å². The van der Waals surface area contributed by atoms with Gasteiger partial charge in [0.2, 0.25) is 10.0 Å². The molecule has 20 heavy (non-hydrogen) atoms. The zero-order valence-electron chi connectivity index (χ0n) is 11.2. The SMILES string of the molecule is CC1CC1CN(C)S(=O)(=O)c1cc(Br)cc(CCl)c1F. The van der Waals surface area contributed by atoms with Gasteiger partial charge < -0.3 is 0 Å². The summed E-state index contributed by atoms with van der Waals surface area (Å²) in [7, 11) is -2.35. The summed E-state index contributed by atoms with van der Waals surface area (Å²) < 4.78 is 40.9. The van der Waals surface area contributed by atoms with Crippen molar-refractivity contribution in [3.8, 4) is 0 Å². The second-order valence-corrected chi connectivity index (χ2v) is 8.47. The maximum atomic E-state index is 14.2. The Labute approximate surface area is 132 Å². The van der Waals surface area contributed by atoms with E-state index in [1.807, 2.05) is 0 Å². The lowest BCUT2D eigenvalue weighted by atomic mass is 10.2. The van der Waals surface area contributed by atoms with E-state index in [2.05, 4.69) is 22.9 Å². The Kier molecular flexibility index (Phi) is 4.79. The molecule has 2 atom stereocenters. The molecule has 1 aromatic rings. The molecule has 1 aromatic carbocycles. The van der Waals surface area contributed by atoms with Crippen LogP contribution in [0.3, 0.4) is 0 Å². The minimum Gasteiger partial charge on any atom is -0.207 e. The number of halogens is 3. The van der Waals surface area contributed by atoms with E-state index < -0.39 is 15.8 Å². The van der Waals surface area contributed by atoms with Crippen molar-refractivity contribution in [1.82, 2.24) is 4.31 Å². The van der Waals surface area contributed by atoms with E-state index in [9.17, 15) is 12.8 Å². The molecule has 0 N–H and O–H groups in total. The second-order valence-electron chi connectivity index (χ2n) is 5.27. The van der Waals surface area contributed by atoms with Crippen molar-refractivity contribution in [2.24, 2.45) is 11.8 Å². The maximum absolute atomic E-state index is 14.2. The Morgan fingerprint density at radius 3 is 2.60 bits per heavy atom. The van der Waals surface area contributed by atoms with Gasteiger partial charge in [-0.15, -0.1) is 11.6 Å². The topological polar surface area (TPSA) is 37.4 Å². The number of alkyl halides is 1. The van der Waals surface area contributed by atoms with E-state index in [0.29, 0.717) is 22.9 Å². The lowest BCUT2D eigenvalue weighted by molar-refractivity contribution is 0.439. The van der Waals surface area contributed by atoms with Crippen LogP contribution in [0.1, 0.15) is 18.9 Å². The molecule has 0 aliphatic heterocycles. The molecule has 1 fully saturated rings. The largest absolute Gasteiger partial charge is 0.245 e. The molecule has 0 saturated heterocycles. The Balaban J connectivity index is 2.35. The van der Waals surface area contributed by atoms with Gasteiger partial charge in [-0.05, 0) is 30.4 Å². The molecule has 0 aromatic heterocycles. The monoisotopic (exact) mass is 383 g/mol. The molecule has 0 radical (unpaired) electrons. The molecular formula is C13H16BrClFNO2S. The van der Waals surface area contributed by atoms with Gasteiger partial charge >= 0.3 is 0 Å². The Bertz CT molecular complexity index is 623. The van der Waals surface area contributed by atoms with Gasteiger partial charge in [0, 0.05) is 23.6 Å². The van der Waals surface area contributed by atoms with Crippen LogP contribution in [0.4, 0.5) is 4.39 Å². The van der Waals surface area contributed by atoms with Crippen molar-refractivity contribution in [3.05, 3.63) is 28.0 Å². The highest BCUT2D eigenvalue weighted by Gasteiger charge is 2.37. The summed E-state index contributed by atoms with van der Waals surface area (Å²) in [5.74, 6) is 0.0757. The smallest absolute Gasteiger partial charge is 0.207 e. The van der Waals surface area contributed by atoms with Crippen LogP contribution in [0, 0.1) is 17.7 Å². The van der Waals surface area contributed by atoms with E-state index in [1.165, 1.54) is 23.5 Å². The van der Waals surface area contributed by atoms with Crippen molar-refractivity contribution < 1.29 is 12.8 Å². The third kappa shape index (κ3) is 3.18. The summed E-state index contributed by atoms with van der Waals surface area (Å²) in [5.41, 5.74) is 0.174. The van der Waals surface area contributed by atoms with Gasteiger partial charge in [0.1, 0.15) is 10.7 Å². The summed E-state index contributed by atoms with van der Waals surface area (Å²) >= 11 is 8.84. The summed E-state index contributed by atoms with van der Waals surface area (Å²) in [6.45, 7) is 2.50. The molecule has 2 unspecified atom stereocenters. The van der Waals surface area contributed by atoms with Crippen LogP contribution in [0.15, 0.2) is 21.5 Å². The fourth-order valence-electron chi connectivity index (χ4n) is 2.15. The predicted octanol–water partition coefficient (Wildman–Crippen LogP) is 3.60. The van der Waals surface area contributed by atoms with E-state index in [-0.39, 0.29) is 16.3 Å². The van der Waals surface area contributed by atoms with Crippen LogP contribution in [0.25, 0.3) is 0 Å². The third-order valence-electron chi connectivity index (χ3n) is 3.68. The van der Waals surface area contributed by atoms with Crippen LogP contribution in [0.5, 0.6) is 0 Å². The van der Waals surface area contributed by atoms with Gasteiger partial charge in [0.25, 0.3) is 0 Å². The first-order valence-electron chi connectivity index (χ1n) is 6.27. The van der Waals surface area contributed by atoms with Gasteiger partial charge in [-0.2, -0.15) is 0 Å². The van der Waals surface area contributed by atoms with Gasteiger partial charge in [-0.1, -0.05) is 22.9 Å². The Hall–Kier alpha value is -0.170. The predicted molar refractivity (Wildman–Crippen MR) is 80.7 cm³/mol. The highest BCUT2D eigenvalue weighted by molar-refractivity contribution is 9.10. The molecule has 1 saturated carbocycles. The van der Waals surface area contributed by atoms with Gasteiger partial charge in [-0.25, -0.2) is 17.1 Å². The molecule has 0 spiro atoms. The second kappa shape index (κ2) is 5.91. The zero-order valence-corrected chi connectivity index (χ0v) is 14.4. The summed E-state index contributed by atoms with van der Waals surface area (Å²) in [6.07, 6.45) is 1.02. The molecule has 3 nitrogen and oxygen atoms in total. The van der Waals surface area contributed by atoms with Crippen molar-refractivity contribution in [1.29, 1.82) is 0 Å². The standard InChI is InChI=1S/C13H16BrClFNO2S/c1-8-3-10(8)7-17(2)20(18,19)12-5-11(14)4-9(6-15)13(12)16/h4-5,8,10H,3,6-7H2,1-2H3. The number of hydrogen-bond acceptors (Lipinski definition) is 2. The fraction of sp³-hybridized carbons (Fsp3) is 0.538. The quantitative estimate of drug-likeness (QED) is 0.727. The summed E-state index contributed by atoms with van der Waals surface area (Å²) in [5, 5.41) is 0. The number of hydrogen-bond donors (Lipinski definition) is 0. The molecule has 0 heterocycles. The molecular weight excluding hydrogens is 369 g/mol. The van der Waals surface area contributed by atoms with Crippen LogP contribution < -0.4 is 0 Å². The molecule has 0 bridgehead atoms. The fourth-order valence-corrected chi connectivity index (χ4v) is 4.36. The number of benzene rings is 1. The highest BCUT2D eigenvalue weighted by Crippen LogP contribution is 2.39. The molecule has 2 rings (SSSR count). The van der Waals surface area contributed by atoms with Crippen LogP contribution in [-0.4, -0.2) is 26.3 Å². The zero-order chi connectivity index (χ0) is 15.1. The first kappa shape index (κ1) is 16.2. The normalized spacial score (nSPS) is 22.3. The number of nitrogens with zero attached hydrogens (tertiary/aromatic N) is 1. The maximum Gasteiger partial charge on any atom is 0.245 e. The first-order valence-corrected chi connectivity index (χ1v) is 9.04. The molecule has 112 valence electrons. The summed E-state index contributed by atoms with van der Waals surface area (Å²) in [6, 6.07) is 2.78. The lowest BCUT2D eigenvalue weighted by Crippen LogP contribution is -2.30. The third-order valence-corrected chi connectivity index (χ3v) is 6.25. The highest BCUT2D eigenvalue weighted by atomic mass is 79.9. The van der Waals surface area contributed by atoms with Gasteiger partial charge in [0.05, 0.1) is 5.88 Å². The van der Waals surface area contributed by atoms with Crippen molar-refractivity contribution in [2.75, 3.05) is 13.6 Å². The van der Waals surface area contributed by atoms with Crippen molar-refractivity contribution >= 4 is 37.6 Å². The van der Waals surface area contributed by atoms with Crippen LogP contribution >= 0.6 is 27.5 Å². The molecule has 0 amide bonds. The average molecular weight is 385 g/mol. The first-order chi connectivity index (χ1) is 9.27. The van der Waals surface area contributed by atoms with Gasteiger partial charge in [-0.3, -0.25) is 0 Å². The molecule has 7 heteroatoms. The molecule has 1 aliphatic carbocycles. The molecule has 1 aliphatic rings. The van der Waals surface area contributed by atoms with Crippen LogP contribution in [0.2, 0.25) is 0 Å². The van der Waals surface area contributed by atoms with Gasteiger partial charge in [0.15, 0.2) is 0 Å². The van der Waals surface area contributed by atoms with Crippen LogP contribution in [-0.2, 0) is 15.9 Å². The minimum atomic E-state index is -3.83. The van der Waals surface area contributed by atoms with E-state index in [1.54, 1.807) is 0 Å². The van der Waals surface area contributed by atoms with E-state index in [4.69, 9.17) is 11.6 Å².